The van der Waals surface area contributed by atoms with Gasteiger partial charge >= 0.3 is 0 Å². The summed E-state index contributed by atoms with van der Waals surface area (Å²) in [6.45, 7) is 1.64. The van der Waals surface area contributed by atoms with Gasteiger partial charge < -0.3 is 10.6 Å². The molecule has 0 radical (unpaired) electrons. The van der Waals surface area contributed by atoms with Gasteiger partial charge in [-0.2, -0.15) is 10.5 Å². The molecule has 2 N–H and O–H groups in total. The van der Waals surface area contributed by atoms with E-state index in [-0.39, 0.29) is 11.8 Å². The molecule has 1 fully saturated rings. The average Bonchev–Trinajstić information content (AvgIpc) is 3.03. The summed E-state index contributed by atoms with van der Waals surface area (Å²) in [6.07, 6.45) is 3.49. The molecular weight excluding hydrogens is 348 g/mol. The summed E-state index contributed by atoms with van der Waals surface area (Å²) in [6, 6.07) is 19.2. The molecule has 5 heteroatoms. The second kappa shape index (κ2) is 9.69. The average molecular weight is 372 g/mol. The van der Waals surface area contributed by atoms with Crippen molar-refractivity contribution in [2.75, 3.05) is 13.1 Å². The first-order valence-electron chi connectivity index (χ1n) is 9.70. The van der Waals surface area contributed by atoms with Gasteiger partial charge in [0.05, 0.1) is 23.6 Å². The van der Waals surface area contributed by atoms with Crippen LogP contribution in [0.2, 0.25) is 0 Å². The highest BCUT2D eigenvalue weighted by Crippen LogP contribution is 2.21. The highest BCUT2D eigenvalue weighted by Gasteiger charge is 2.22. The van der Waals surface area contributed by atoms with Crippen molar-refractivity contribution >= 4 is 5.91 Å². The monoisotopic (exact) mass is 372 g/mol. The van der Waals surface area contributed by atoms with Gasteiger partial charge in [-0.1, -0.05) is 42.8 Å². The maximum absolute atomic E-state index is 12.5. The van der Waals surface area contributed by atoms with E-state index in [1.165, 1.54) is 0 Å². The maximum Gasteiger partial charge on any atom is 0.225 e. The van der Waals surface area contributed by atoms with Crippen molar-refractivity contribution in [3.63, 3.8) is 0 Å². The van der Waals surface area contributed by atoms with Gasteiger partial charge in [0.1, 0.15) is 6.04 Å². The van der Waals surface area contributed by atoms with Crippen molar-refractivity contribution in [1.82, 2.24) is 10.6 Å². The van der Waals surface area contributed by atoms with Gasteiger partial charge in [0.15, 0.2) is 0 Å². The van der Waals surface area contributed by atoms with Gasteiger partial charge in [0, 0.05) is 13.0 Å². The molecule has 0 bridgehead atoms. The topological polar surface area (TPSA) is 88.7 Å². The largest absolute Gasteiger partial charge is 0.340 e. The van der Waals surface area contributed by atoms with Crippen LogP contribution in [0, 0.1) is 28.6 Å². The van der Waals surface area contributed by atoms with E-state index in [0.717, 1.165) is 42.5 Å². The summed E-state index contributed by atoms with van der Waals surface area (Å²) >= 11 is 0. The minimum Gasteiger partial charge on any atom is -0.340 e. The molecule has 0 spiro atoms. The summed E-state index contributed by atoms with van der Waals surface area (Å²) in [7, 11) is 0. The Labute approximate surface area is 166 Å². The Hall–Kier alpha value is -3.15. The van der Waals surface area contributed by atoms with Crippen molar-refractivity contribution in [3.05, 3.63) is 59.7 Å². The SMILES string of the molecule is N#Cc1ccc(-c2ccc(C[C@@H](C#N)NC(=O)C3CCCCNC3)cc2)cc1. The van der Waals surface area contributed by atoms with Crippen LogP contribution < -0.4 is 10.6 Å². The van der Waals surface area contributed by atoms with Crippen LogP contribution in [0.3, 0.4) is 0 Å². The Morgan fingerprint density at radius 2 is 1.75 bits per heavy atom. The fraction of sp³-hybridized carbons (Fsp3) is 0.348. The summed E-state index contributed by atoms with van der Waals surface area (Å²) in [4.78, 5) is 12.5. The van der Waals surface area contributed by atoms with Gasteiger partial charge in [-0.05, 0) is 48.2 Å². The van der Waals surface area contributed by atoms with Crippen LogP contribution in [0.15, 0.2) is 48.5 Å². The van der Waals surface area contributed by atoms with E-state index >= 15 is 0 Å². The van der Waals surface area contributed by atoms with Crippen molar-refractivity contribution in [3.8, 4) is 23.3 Å². The minimum atomic E-state index is -0.531. The molecular formula is C23H24N4O. The lowest BCUT2D eigenvalue weighted by Crippen LogP contribution is -2.42. The highest BCUT2D eigenvalue weighted by atomic mass is 16.1. The van der Waals surface area contributed by atoms with E-state index in [2.05, 4.69) is 22.8 Å². The molecule has 1 aliphatic rings. The lowest BCUT2D eigenvalue weighted by atomic mass is 9.99. The fourth-order valence-electron chi connectivity index (χ4n) is 3.47. The Kier molecular flexibility index (Phi) is 6.78. The molecule has 3 rings (SSSR count). The van der Waals surface area contributed by atoms with Crippen molar-refractivity contribution < 1.29 is 4.79 Å². The number of carbonyl (C=O) groups is 1. The molecule has 0 saturated carbocycles. The Morgan fingerprint density at radius 1 is 1.07 bits per heavy atom. The third kappa shape index (κ3) is 5.19. The highest BCUT2D eigenvalue weighted by molar-refractivity contribution is 5.79. The smallest absolute Gasteiger partial charge is 0.225 e. The number of nitrogens with zero attached hydrogens (tertiary/aromatic N) is 2. The summed E-state index contributed by atoms with van der Waals surface area (Å²) < 4.78 is 0. The number of hydrogen-bond donors (Lipinski definition) is 2. The second-order valence-corrected chi connectivity index (χ2v) is 7.18. The normalized spacial score (nSPS) is 17.6. The summed E-state index contributed by atoms with van der Waals surface area (Å²) in [5, 5.41) is 24.5. The molecule has 1 amide bonds. The first-order chi connectivity index (χ1) is 13.7. The van der Waals surface area contributed by atoms with E-state index in [0.29, 0.717) is 18.5 Å². The van der Waals surface area contributed by atoms with Crippen molar-refractivity contribution in [2.45, 2.75) is 31.7 Å². The van der Waals surface area contributed by atoms with Gasteiger partial charge in [0.25, 0.3) is 0 Å². The standard InChI is InChI=1S/C23H24N4O/c24-14-18-6-10-20(11-7-18)19-8-4-17(5-9-19)13-22(15-25)27-23(28)21-3-1-2-12-26-16-21/h4-11,21-22,26H,1-3,12-13,16H2,(H,27,28)/t21?,22-/m0/s1. The first-order valence-corrected chi connectivity index (χ1v) is 9.70. The van der Waals surface area contributed by atoms with Crippen LogP contribution in [-0.2, 0) is 11.2 Å². The van der Waals surface area contributed by atoms with Crippen LogP contribution in [0.1, 0.15) is 30.4 Å². The minimum absolute atomic E-state index is 0.0323. The van der Waals surface area contributed by atoms with Crippen LogP contribution in [-0.4, -0.2) is 25.0 Å². The predicted octanol–water partition coefficient (Wildman–Crippen LogP) is 3.17. The van der Waals surface area contributed by atoms with E-state index in [1.807, 2.05) is 36.4 Å². The number of nitrogens with one attached hydrogen (secondary N) is 2. The number of nitriles is 2. The van der Waals surface area contributed by atoms with E-state index in [4.69, 9.17) is 5.26 Å². The molecule has 2 aromatic rings. The zero-order valence-electron chi connectivity index (χ0n) is 15.8. The molecule has 1 aliphatic heterocycles. The van der Waals surface area contributed by atoms with Crippen molar-refractivity contribution in [2.24, 2.45) is 5.92 Å². The number of benzene rings is 2. The number of rotatable bonds is 5. The molecule has 0 aliphatic carbocycles. The second-order valence-electron chi connectivity index (χ2n) is 7.18. The molecule has 1 saturated heterocycles. The van der Waals surface area contributed by atoms with Crippen LogP contribution in [0.25, 0.3) is 11.1 Å². The van der Waals surface area contributed by atoms with Crippen LogP contribution in [0.5, 0.6) is 0 Å². The third-order valence-electron chi connectivity index (χ3n) is 5.13. The zero-order chi connectivity index (χ0) is 19.8. The molecule has 1 unspecified atom stereocenters. The van der Waals surface area contributed by atoms with Crippen LogP contribution in [0.4, 0.5) is 0 Å². The summed E-state index contributed by atoms with van der Waals surface area (Å²) in [5.41, 5.74) is 3.73. The molecule has 2 atom stereocenters. The molecule has 5 nitrogen and oxygen atoms in total. The third-order valence-corrected chi connectivity index (χ3v) is 5.13. The Balaban J connectivity index is 1.60. The van der Waals surface area contributed by atoms with Gasteiger partial charge in [-0.25, -0.2) is 0 Å². The maximum atomic E-state index is 12.5. The predicted molar refractivity (Wildman–Crippen MR) is 108 cm³/mol. The molecule has 1 heterocycles. The lowest BCUT2D eigenvalue weighted by Gasteiger charge is -2.17. The summed E-state index contributed by atoms with van der Waals surface area (Å²) in [5.74, 6) is -0.0905. The van der Waals surface area contributed by atoms with Crippen LogP contribution >= 0.6 is 0 Å². The Bertz CT molecular complexity index is 867. The molecule has 2 aromatic carbocycles. The lowest BCUT2D eigenvalue weighted by molar-refractivity contribution is -0.125. The van der Waals surface area contributed by atoms with Gasteiger partial charge in [-0.3, -0.25) is 4.79 Å². The van der Waals surface area contributed by atoms with Crippen molar-refractivity contribution in [1.29, 1.82) is 10.5 Å². The number of hydrogen-bond acceptors (Lipinski definition) is 4. The van der Waals surface area contributed by atoms with E-state index in [9.17, 15) is 10.1 Å². The first kappa shape index (κ1) is 19.6. The molecule has 142 valence electrons. The zero-order valence-corrected chi connectivity index (χ0v) is 15.8. The number of amides is 1. The fourth-order valence-corrected chi connectivity index (χ4v) is 3.47. The van der Waals surface area contributed by atoms with E-state index in [1.54, 1.807) is 12.1 Å². The van der Waals surface area contributed by atoms with Gasteiger partial charge in [0.2, 0.25) is 5.91 Å². The van der Waals surface area contributed by atoms with Gasteiger partial charge in [-0.15, -0.1) is 0 Å². The molecule has 28 heavy (non-hydrogen) atoms. The Morgan fingerprint density at radius 3 is 2.39 bits per heavy atom. The van der Waals surface area contributed by atoms with E-state index < -0.39 is 6.04 Å². The quantitative estimate of drug-likeness (QED) is 0.844. The number of carbonyl (C=O) groups excluding carboxylic acids is 1. The molecule has 0 aromatic heterocycles.